The van der Waals surface area contributed by atoms with Crippen LogP contribution < -0.4 is 5.32 Å². The predicted molar refractivity (Wildman–Crippen MR) is 58.1 cm³/mol. The molecule has 0 aromatic rings. The highest BCUT2D eigenvalue weighted by atomic mass is 16.5. The van der Waals surface area contributed by atoms with Gasteiger partial charge in [0.05, 0.1) is 6.61 Å². The SMILES string of the molecule is CCCNCC(C)(CC)COCC. The Balaban J connectivity index is 3.67. The molecule has 1 N–H and O–H groups in total. The Morgan fingerprint density at radius 3 is 2.38 bits per heavy atom. The minimum absolute atomic E-state index is 0.311. The van der Waals surface area contributed by atoms with Crippen molar-refractivity contribution >= 4 is 0 Å². The van der Waals surface area contributed by atoms with E-state index in [1.54, 1.807) is 0 Å². The molecular formula is C11H25NO. The molecule has 0 rings (SSSR count). The van der Waals surface area contributed by atoms with Crippen LogP contribution in [0.3, 0.4) is 0 Å². The molecule has 0 radical (unpaired) electrons. The van der Waals surface area contributed by atoms with Gasteiger partial charge in [-0.3, -0.25) is 0 Å². The highest BCUT2D eigenvalue weighted by Gasteiger charge is 2.21. The van der Waals surface area contributed by atoms with Crippen LogP contribution >= 0.6 is 0 Å². The molecule has 0 saturated heterocycles. The lowest BCUT2D eigenvalue weighted by Crippen LogP contribution is -2.35. The maximum atomic E-state index is 5.48. The standard InChI is InChI=1S/C11H25NO/c1-5-8-12-9-11(4,6-2)10-13-7-3/h12H,5-10H2,1-4H3. The van der Waals surface area contributed by atoms with Crippen molar-refractivity contribution in [2.45, 2.75) is 40.5 Å². The molecule has 2 heteroatoms. The summed E-state index contributed by atoms with van der Waals surface area (Å²) in [6, 6.07) is 0. The summed E-state index contributed by atoms with van der Waals surface area (Å²) in [5, 5.41) is 3.46. The molecule has 0 amide bonds. The Morgan fingerprint density at radius 1 is 1.23 bits per heavy atom. The number of rotatable bonds is 8. The van der Waals surface area contributed by atoms with E-state index in [1.807, 2.05) is 0 Å². The van der Waals surface area contributed by atoms with Gasteiger partial charge in [-0.1, -0.05) is 20.8 Å². The highest BCUT2D eigenvalue weighted by molar-refractivity contribution is 4.74. The van der Waals surface area contributed by atoms with E-state index in [-0.39, 0.29) is 0 Å². The third-order valence-corrected chi connectivity index (χ3v) is 2.49. The molecule has 0 aromatic carbocycles. The first kappa shape index (κ1) is 12.9. The monoisotopic (exact) mass is 187 g/mol. The summed E-state index contributed by atoms with van der Waals surface area (Å²) in [4.78, 5) is 0. The zero-order chi connectivity index (χ0) is 10.2. The van der Waals surface area contributed by atoms with Gasteiger partial charge >= 0.3 is 0 Å². The molecule has 1 atom stereocenters. The molecule has 0 aliphatic rings. The van der Waals surface area contributed by atoms with E-state index in [0.29, 0.717) is 5.41 Å². The lowest BCUT2D eigenvalue weighted by Gasteiger charge is -2.28. The lowest BCUT2D eigenvalue weighted by atomic mass is 9.88. The normalized spacial score (nSPS) is 15.7. The minimum Gasteiger partial charge on any atom is -0.381 e. The van der Waals surface area contributed by atoms with Crippen LogP contribution in [-0.4, -0.2) is 26.3 Å². The molecule has 0 spiro atoms. The Morgan fingerprint density at radius 2 is 1.92 bits per heavy atom. The Bertz CT molecular complexity index is 117. The number of hydrogen-bond donors (Lipinski definition) is 1. The van der Waals surface area contributed by atoms with Crippen LogP contribution in [0.15, 0.2) is 0 Å². The predicted octanol–water partition coefficient (Wildman–Crippen LogP) is 2.44. The van der Waals surface area contributed by atoms with Crippen molar-refractivity contribution in [3.8, 4) is 0 Å². The second kappa shape index (κ2) is 7.34. The fraction of sp³-hybridized carbons (Fsp3) is 1.00. The molecular weight excluding hydrogens is 162 g/mol. The van der Waals surface area contributed by atoms with Crippen LogP contribution in [-0.2, 0) is 4.74 Å². The van der Waals surface area contributed by atoms with E-state index in [9.17, 15) is 0 Å². The van der Waals surface area contributed by atoms with Gasteiger partial charge in [0, 0.05) is 18.6 Å². The maximum absolute atomic E-state index is 5.48. The van der Waals surface area contributed by atoms with Crippen molar-refractivity contribution in [2.75, 3.05) is 26.3 Å². The van der Waals surface area contributed by atoms with Gasteiger partial charge in [-0.15, -0.1) is 0 Å². The molecule has 0 fully saturated rings. The van der Waals surface area contributed by atoms with Crippen LogP contribution in [0.1, 0.15) is 40.5 Å². The van der Waals surface area contributed by atoms with E-state index < -0.39 is 0 Å². The Labute approximate surface area is 83.1 Å². The summed E-state index contributed by atoms with van der Waals surface area (Å²) in [5.41, 5.74) is 0.311. The molecule has 1 unspecified atom stereocenters. The molecule has 0 aromatic heterocycles. The number of hydrogen-bond acceptors (Lipinski definition) is 2. The van der Waals surface area contributed by atoms with Crippen molar-refractivity contribution in [3.63, 3.8) is 0 Å². The molecule has 0 heterocycles. The van der Waals surface area contributed by atoms with Gasteiger partial charge < -0.3 is 10.1 Å². The fourth-order valence-electron chi connectivity index (χ4n) is 1.19. The average Bonchev–Trinajstić information content (AvgIpc) is 2.15. The minimum atomic E-state index is 0.311. The van der Waals surface area contributed by atoms with Gasteiger partial charge in [-0.05, 0) is 26.3 Å². The third-order valence-electron chi connectivity index (χ3n) is 2.49. The number of ether oxygens (including phenoxy) is 1. The van der Waals surface area contributed by atoms with Gasteiger partial charge in [-0.25, -0.2) is 0 Å². The molecule has 80 valence electrons. The van der Waals surface area contributed by atoms with Gasteiger partial charge in [-0.2, -0.15) is 0 Å². The van der Waals surface area contributed by atoms with Crippen molar-refractivity contribution in [2.24, 2.45) is 5.41 Å². The van der Waals surface area contributed by atoms with Gasteiger partial charge in [0.1, 0.15) is 0 Å². The van der Waals surface area contributed by atoms with E-state index in [1.165, 1.54) is 12.8 Å². The lowest BCUT2D eigenvalue weighted by molar-refractivity contribution is 0.0582. The molecule has 0 saturated carbocycles. The van der Waals surface area contributed by atoms with Crippen LogP contribution in [0.2, 0.25) is 0 Å². The highest BCUT2D eigenvalue weighted by Crippen LogP contribution is 2.20. The first-order valence-electron chi connectivity index (χ1n) is 5.47. The average molecular weight is 187 g/mol. The van der Waals surface area contributed by atoms with Crippen molar-refractivity contribution < 1.29 is 4.74 Å². The van der Waals surface area contributed by atoms with Gasteiger partial charge in [0.25, 0.3) is 0 Å². The molecule has 0 bridgehead atoms. The maximum Gasteiger partial charge on any atom is 0.0531 e. The van der Waals surface area contributed by atoms with Crippen molar-refractivity contribution in [1.29, 1.82) is 0 Å². The number of nitrogens with one attached hydrogen (secondary N) is 1. The largest absolute Gasteiger partial charge is 0.381 e. The molecule has 2 nitrogen and oxygen atoms in total. The smallest absolute Gasteiger partial charge is 0.0531 e. The van der Waals surface area contributed by atoms with E-state index in [2.05, 4.69) is 33.0 Å². The fourth-order valence-corrected chi connectivity index (χ4v) is 1.19. The zero-order valence-corrected chi connectivity index (χ0v) is 9.65. The van der Waals surface area contributed by atoms with E-state index >= 15 is 0 Å². The Kier molecular flexibility index (Phi) is 7.29. The van der Waals surface area contributed by atoms with Crippen LogP contribution in [0.25, 0.3) is 0 Å². The first-order chi connectivity index (χ1) is 6.18. The first-order valence-corrected chi connectivity index (χ1v) is 5.47. The summed E-state index contributed by atoms with van der Waals surface area (Å²) < 4.78 is 5.48. The quantitative estimate of drug-likeness (QED) is 0.589. The Hall–Kier alpha value is -0.0800. The molecule has 0 aliphatic carbocycles. The summed E-state index contributed by atoms with van der Waals surface area (Å²) in [7, 11) is 0. The third kappa shape index (κ3) is 6.05. The summed E-state index contributed by atoms with van der Waals surface area (Å²) in [6.07, 6.45) is 2.37. The van der Waals surface area contributed by atoms with E-state index in [0.717, 1.165) is 26.3 Å². The van der Waals surface area contributed by atoms with Crippen LogP contribution in [0.4, 0.5) is 0 Å². The topological polar surface area (TPSA) is 21.3 Å². The van der Waals surface area contributed by atoms with E-state index in [4.69, 9.17) is 4.74 Å². The van der Waals surface area contributed by atoms with Gasteiger partial charge in [0.2, 0.25) is 0 Å². The van der Waals surface area contributed by atoms with Gasteiger partial charge in [0.15, 0.2) is 0 Å². The summed E-state index contributed by atoms with van der Waals surface area (Å²) in [5.74, 6) is 0. The van der Waals surface area contributed by atoms with Crippen LogP contribution in [0, 0.1) is 5.41 Å². The van der Waals surface area contributed by atoms with Crippen molar-refractivity contribution in [1.82, 2.24) is 5.32 Å². The van der Waals surface area contributed by atoms with Crippen molar-refractivity contribution in [3.05, 3.63) is 0 Å². The summed E-state index contributed by atoms with van der Waals surface area (Å²) in [6.45, 7) is 12.6. The second-order valence-corrected chi connectivity index (χ2v) is 3.98. The second-order valence-electron chi connectivity index (χ2n) is 3.98. The molecule has 13 heavy (non-hydrogen) atoms. The summed E-state index contributed by atoms with van der Waals surface area (Å²) >= 11 is 0. The van der Waals surface area contributed by atoms with Crippen LogP contribution in [0.5, 0.6) is 0 Å². The molecule has 0 aliphatic heterocycles. The zero-order valence-electron chi connectivity index (χ0n) is 9.65.